The number of carbonyl (C=O) groups is 2. The quantitative estimate of drug-likeness (QED) is 0.878. The van der Waals surface area contributed by atoms with E-state index in [0.717, 1.165) is 12.8 Å². The van der Waals surface area contributed by atoms with E-state index in [1.807, 2.05) is 4.90 Å². The molecule has 1 N–H and O–H groups in total. The number of hydrogen-bond acceptors (Lipinski definition) is 2. The molecule has 2 fully saturated rings. The highest BCUT2D eigenvalue weighted by atomic mass is 35.5. The summed E-state index contributed by atoms with van der Waals surface area (Å²) in [5, 5.41) is 9.18. The molecule has 0 radical (unpaired) electrons. The molecule has 1 heterocycles. The molecule has 0 aromatic heterocycles. The molecule has 3 unspecified atom stereocenters. The van der Waals surface area contributed by atoms with Crippen LogP contribution in [0.3, 0.4) is 0 Å². The number of amides is 1. The minimum Gasteiger partial charge on any atom is -0.481 e. The molecule has 2 aliphatic rings. The first-order chi connectivity index (χ1) is 11.5. The van der Waals surface area contributed by atoms with Gasteiger partial charge in [-0.3, -0.25) is 9.59 Å². The number of benzene rings is 1. The van der Waals surface area contributed by atoms with Crippen molar-refractivity contribution in [3.05, 3.63) is 34.6 Å². The Morgan fingerprint density at radius 3 is 2.88 bits per heavy atom. The Hall–Kier alpha value is -1.62. The van der Waals surface area contributed by atoms with E-state index in [-0.39, 0.29) is 35.9 Å². The molecule has 0 spiro atoms. The highest BCUT2D eigenvalue weighted by molar-refractivity contribution is 6.31. The van der Waals surface area contributed by atoms with Gasteiger partial charge in [0, 0.05) is 41.9 Å². The van der Waals surface area contributed by atoms with Crippen molar-refractivity contribution in [3.63, 3.8) is 0 Å². The first-order valence-corrected chi connectivity index (χ1v) is 8.79. The summed E-state index contributed by atoms with van der Waals surface area (Å²) in [7, 11) is 0. The van der Waals surface area contributed by atoms with Crippen molar-refractivity contribution in [2.75, 3.05) is 13.1 Å². The summed E-state index contributed by atoms with van der Waals surface area (Å²) in [6.07, 6.45) is 3.24. The number of aliphatic carboxylic acids is 1. The number of carboxylic acids is 1. The summed E-state index contributed by atoms with van der Waals surface area (Å²) in [5.74, 6) is -1.17. The van der Waals surface area contributed by atoms with Gasteiger partial charge in [0.2, 0.25) is 5.91 Å². The van der Waals surface area contributed by atoms with Crippen molar-refractivity contribution < 1.29 is 19.1 Å². The average Bonchev–Trinajstić information content (AvgIpc) is 3.32. The maximum Gasteiger partial charge on any atom is 0.303 e. The predicted molar refractivity (Wildman–Crippen MR) is 88.4 cm³/mol. The van der Waals surface area contributed by atoms with Gasteiger partial charge in [-0.15, -0.1) is 0 Å². The van der Waals surface area contributed by atoms with Crippen molar-refractivity contribution in [1.82, 2.24) is 4.90 Å². The molecule has 1 amide bonds. The lowest BCUT2D eigenvalue weighted by Gasteiger charge is -2.33. The topological polar surface area (TPSA) is 57.6 Å². The van der Waals surface area contributed by atoms with E-state index < -0.39 is 5.97 Å². The van der Waals surface area contributed by atoms with Crippen LogP contribution in [-0.2, 0) is 9.59 Å². The summed E-state index contributed by atoms with van der Waals surface area (Å²) in [4.78, 5) is 25.2. The van der Waals surface area contributed by atoms with Gasteiger partial charge in [-0.1, -0.05) is 17.7 Å². The van der Waals surface area contributed by atoms with E-state index in [1.54, 1.807) is 12.1 Å². The lowest BCUT2D eigenvalue weighted by molar-refractivity contribution is -0.137. The van der Waals surface area contributed by atoms with Gasteiger partial charge >= 0.3 is 5.97 Å². The van der Waals surface area contributed by atoms with Crippen molar-refractivity contribution in [3.8, 4) is 0 Å². The lowest BCUT2D eigenvalue weighted by Crippen LogP contribution is -2.41. The SMILES string of the molecule is O=C(O)CCC1CCCN(C(=O)C2CC2c2c(F)cccc2Cl)C1. The number of carboxylic acid groups (broad SMARTS) is 1. The number of hydrogen-bond donors (Lipinski definition) is 1. The van der Waals surface area contributed by atoms with Crippen molar-refractivity contribution in [1.29, 1.82) is 0 Å². The molecule has 4 nitrogen and oxygen atoms in total. The molecule has 1 saturated heterocycles. The molecule has 0 bridgehead atoms. The van der Waals surface area contributed by atoms with E-state index in [2.05, 4.69) is 0 Å². The van der Waals surface area contributed by atoms with Crippen molar-refractivity contribution in [2.24, 2.45) is 11.8 Å². The fourth-order valence-electron chi connectivity index (χ4n) is 3.71. The molecule has 1 aromatic carbocycles. The monoisotopic (exact) mass is 353 g/mol. The van der Waals surface area contributed by atoms with Crippen LogP contribution >= 0.6 is 11.6 Å². The molecule has 1 aliphatic carbocycles. The highest BCUT2D eigenvalue weighted by Crippen LogP contribution is 2.51. The Bertz CT molecular complexity index is 631. The lowest BCUT2D eigenvalue weighted by atomic mass is 9.93. The zero-order chi connectivity index (χ0) is 17.3. The third kappa shape index (κ3) is 3.72. The molecular weight excluding hydrogens is 333 g/mol. The maximum absolute atomic E-state index is 14.0. The zero-order valence-corrected chi connectivity index (χ0v) is 14.1. The van der Waals surface area contributed by atoms with Gasteiger partial charge in [-0.05, 0) is 43.7 Å². The second-order valence-electron chi connectivity index (χ2n) is 6.81. The Labute approximate surface area is 145 Å². The Kier molecular flexibility index (Phi) is 5.09. The summed E-state index contributed by atoms with van der Waals surface area (Å²) in [6, 6.07) is 4.60. The second-order valence-corrected chi connectivity index (χ2v) is 7.22. The average molecular weight is 354 g/mol. The molecule has 1 saturated carbocycles. The van der Waals surface area contributed by atoms with Gasteiger partial charge in [0.05, 0.1) is 0 Å². The summed E-state index contributed by atoms with van der Waals surface area (Å²) in [6.45, 7) is 1.32. The smallest absolute Gasteiger partial charge is 0.303 e. The van der Waals surface area contributed by atoms with E-state index in [0.29, 0.717) is 36.5 Å². The van der Waals surface area contributed by atoms with Gasteiger partial charge in [0.25, 0.3) is 0 Å². The molecular formula is C18H21ClFNO3. The Morgan fingerprint density at radius 1 is 1.38 bits per heavy atom. The van der Waals surface area contributed by atoms with Gasteiger partial charge in [-0.2, -0.15) is 0 Å². The highest BCUT2D eigenvalue weighted by Gasteiger charge is 2.48. The standard InChI is InChI=1S/C18H21ClFNO3/c19-14-4-1-5-15(20)17(14)12-9-13(12)18(24)21-8-2-3-11(10-21)6-7-16(22)23/h1,4-5,11-13H,2-3,6-10H2,(H,22,23). The maximum atomic E-state index is 14.0. The first kappa shape index (κ1) is 17.2. The minimum atomic E-state index is -0.796. The van der Waals surface area contributed by atoms with Gasteiger partial charge < -0.3 is 10.0 Å². The molecule has 3 atom stereocenters. The largest absolute Gasteiger partial charge is 0.481 e. The summed E-state index contributed by atoms with van der Waals surface area (Å²) >= 11 is 6.09. The summed E-state index contributed by atoms with van der Waals surface area (Å²) < 4.78 is 14.0. The van der Waals surface area contributed by atoms with Crippen LogP contribution in [0.2, 0.25) is 5.02 Å². The Morgan fingerprint density at radius 2 is 2.17 bits per heavy atom. The van der Waals surface area contributed by atoms with Crippen molar-refractivity contribution in [2.45, 2.75) is 38.0 Å². The molecule has 6 heteroatoms. The third-order valence-electron chi connectivity index (χ3n) is 5.08. The van der Waals surface area contributed by atoms with E-state index in [1.165, 1.54) is 6.07 Å². The third-order valence-corrected chi connectivity index (χ3v) is 5.40. The minimum absolute atomic E-state index is 0.0549. The molecule has 24 heavy (non-hydrogen) atoms. The number of rotatable bonds is 5. The fourth-order valence-corrected chi connectivity index (χ4v) is 4.02. The van der Waals surface area contributed by atoms with Gasteiger partial charge in [0.15, 0.2) is 0 Å². The molecule has 1 aromatic rings. The van der Waals surface area contributed by atoms with Crippen molar-refractivity contribution >= 4 is 23.5 Å². The van der Waals surface area contributed by atoms with Crippen LogP contribution in [0.1, 0.15) is 43.6 Å². The molecule has 130 valence electrons. The van der Waals surface area contributed by atoms with Crippen LogP contribution in [0.15, 0.2) is 18.2 Å². The van der Waals surface area contributed by atoms with Gasteiger partial charge in [0.1, 0.15) is 5.82 Å². The van der Waals surface area contributed by atoms with Gasteiger partial charge in [-0.25, -0.2) is 4.39 Å². The van der Waals surface area contributed by atoms with Crippen LogP contribution in [-0.4, -0.2) is 35.0 Å². The second kappa shape index (κ2) is 7.09. The number of halogens is 2. The number of carbonyl (C=O) groups excluding carboxylic acids is 1. The van der Waals surface area contributed by atoms with E-state index >= 15 is 0 Å². The predicted octanol–water partition coefficient (Wildman–Crippen LogP) is 3.69. The normalized spacial score (nSPS) is 26.2. The van der Waals surface area contributed by atoms with Crippen LogP contribution in [0.5, 0.6) is 0 Å². The zero-order valence-electron chi connectivity index (χ0n) is 13.4. The summed E-state index contributed by atoms with van der Waals surface area (Å²) in [5.41, 5.74) is 0.456. The number of nitrogens with zero attached hydrogens (tertiary/aromatic N) is 1. The molecule has 3 rings (SSSR count). The van der Waals surface area contributed by atoms with Crippen LogP contribution in [0.25, 0.3) is 0 Å². The van der Waals surface area contributed by atoms with Crippen LogP contribution in [0, 0.1) is 17.7 Å². The van der Waals surface area contributed by atoms with E-state index in [4.69, 9.17) is 16.7 Å². The van der Waals surface area contributed by atoms with Crippen LogP contribution in [0.4, 0.5) is 4.39 Å². The first-order valence-electron chi connectivity index (χ1n) is 8.42. The number of piperidine rings is 1. The molecule has 1 aliphatic heterocycles. The Balaban J connectivity index is 1.60. The number of likely N-dealkylation sites (tertiary alicyclic amines) is 1. The fraction of sp³-hybridized carbons (Fsp3) is 0.556. The van der Waals surface area contributed by atoms with Crippen LogP contribution < -0.4 is 0 Å². The van der Waals surface area contributed by atoms with E-state index in [9.17, 15) is 14.0 Å².